The van der Waals surface area contributed by atoms with Gasteiger partial charge in [-0.2, -0.15) is 0 Å². The van der Waals surface area contributed by atoms with E-state index in [9.17, 15) is 4.79 Å². The van der Waals surface area contributed by atoms with Crippen LogP contribution in [-0.2, 0) is 4.74 Å². The van der Waals surface area contributed by atoms with Crippen LogP contribution in [0.25, 0.3) is 0 Å². The Morgan fingerprint density at radius 3 is 2.36 bits per heavy atom. The second-order valence-electron chi connectivity index (χ2n) is 3.94. The number of anilines is 1. The molecule has 0 saturated carbocycles. The molecule has 122 valence electrons. The van der Waals surface area contributed by atoms with E-state index >= 15 is 0 Å². The first-order valence-corrected chi connectivity index (χ1v) is 7.97. The van der Waals surface area contributed by atoms with Crippen molar-refractivity contribution in [1.82, 2.24) is 10.6 Å². The highest BCUT2D eigenvalue weighted by molar-refractivity contribution is 7.80. The molecule has 0 fully saturated rings. The smallest absolute Gasteiger partial charge is 0.408 e. The van der Waals surface area contributed by atoms with Crippen LogP contribution in [0, 0.1) is 0 Å². The molecule has 1 aromatic rings. The average Bonchev–Trinajstić information content (AvgIpc) is 2.40. The van der Waals surface area contributed by atoms with Crippen molar-refractivity contribution in [2.24, 2.45) is 0 Å². The molecule has 1 rings (SSSR count). The predicted molar refractivity (Wildman–Crippen MR) is 95.0 cm³/mol. The van der Waals surface area contributed by atoms with Crippen LogP contribution in [0.5, 0.6) is 0 Å². The Bertz CT molecular complexity index is 522. The van der Waals surface area contributed by atoms with Crippen LogP contribution in [0.2, 0.25) is 5.02 Å². The zero-order chi connectivity index (χ0) is 16.8. The maximum Gasteiger partial charge on any atom is 0.408 e. The van der Waals surface area contributed by atoms with E-state index in [4.69, 9.17) is 63.4 Å². The van der Waals surface area contributed by atoms with Crippen LogP contribution in [0.1, 0.15) is 6.92 Å². The number of alkyl carbamates (subject to hydrolysis) is 1. The average molecular weight is 405 g/mol. The summed E-state index contributed by atoms with van der Waals surface area (Å²) in [4.78, 5) is 11.4. The van der Waals surface area contributed by atoms with Gasteiger partial charge >= 0.3 is 6.09 Å². The van der Waals surface area contributed by atoms with Gasteiger partial charge in [-0.15, -0.1) is 0 Å². The van der Waals surface area contributed by atoms with Gasteiger partial charge in [0, 0.05) is 10.7 Å². The molecule has 5 nitrogen and oxygen atoms in total. The lowest BCUT2D eigenvalue weighted by Gasteiger charge is -2.27. The van der Waals surface area contributed by atoms with Crippen molar-refractivity contribution in [2.45, 2.75) is 16.9 Å². The van der Waals surface area contributed by atoms with Crippen LogP contribution in [0.15, 0.2) is 24.3 Å². The number of amides is 1. The Labute approximate surface area is 153 Å². The van der Waals surface area contributed by atoms with Gasteiger partial charge in [0.25, 0.3) is 0 Å². The van der Waals surface area contributed by atoms with Crippen LogP contribution in [-0.4, -0.2) is 27.8 Å². The largest absolute Gasteiger partial charge is 0.450 e. The topological polar surface area (TPSA) is 62.4 Å². The quantitative estimate of drug-likeness (QED) is 0.401. The van der Waals surface area contributed by atoms with Gasteiger partial charge in [-0.3, -0.25) is 5.32 Å². The summed E-state index contributed by atoms with van der Waals surface area (Å²) in [5.41, 5.74) is 0.682. The highest BCUT2D eigenvalue weighted by Gasteiger charge is 2.35. The Balaban J connectivity index is 2.66. The third-order valence-electron chi connectivity index (χ3n) is 2.24. The molecule has 1 atom stereocenters. The Kier molecular flexibility index (Phi) is 7.79. The van der Waals surface area contributed by atoms with Gasteiger partial charge in [0.05, 0.1) is 6.61 Å². The summed E-state index contributed by atoms with van der Waals surface area (Å²) in [5, 5.41) is 8.67. The summed E-state index contributed by atoms with van der Waals surface area (Å²) < 4.78 is 2.90. The second-order valence-corrected chi connectivity index (χ2v) is 7.16. The Morgan fingerprint density at radius 1 is 1.27 bits per heavy atom. The van der Waals surface area contributed by atoms with Crippen LogP contribution < -0.4 is 16.0 Å². The molecule has 0 heterocycles. The van der Waals surface area contributed by atoms with E-state index in [1.807, 2.05) is 0 Å². The third kappa shape index (κ3) is 7.07. The van der Waals surface area contributed by atoms with E-state index in [1.54, 1.807) is 31.2 Å². The molecule has 0 radical (unpaired) electrons. The molecule has 0 aliphatic heterocycles. The van der Waals surface area contributed by atoms with Crippen LogP contribution in [0.4, 0.5) is 10.5 Å². The van der Waals surface area contributed by atoms with Crippen molar-refractivity contribution in [3.05, 3.63) is 29.3 Å². The lowest BCUT2D eigenvalue weighted by atomic mass is 10.3. The lowest BCUT2D eigenvalue weighted by Crippen LogP contribution is -2.56. The highest BCUT2D eigenvalue weighted by atomic mass is 35.6. The number of rotatable bonds is 4. The molecule has 0 unspecified atom stereocenters. The summed E-state index contributed by atoms with van der Waals surface area (Å²) in [7, 11) is 0. The fourth-order valence-corrected chi connectivity index (χ4v) is 2.01. The molecule has 0 aliphatic carbocycles. The SMILES string of the molecule is CCOC(=O)N[C@H](NC(=S)Nc1ccc(Cl)cc1)C(Cl)(Cl)Cl. The summed E-state index contributed by atoms with van der Waals surface area (Å²) in [6.45, 7) is 1.84. The molecular weight excluding hydrogens is 392 g/mol. The fraction of sp³-hybridized carbons (Fsp3) is 0.333. The van der Waals surface area contributed by atoms with Gasteiger partial charge < -0.3 is 15.4 Å². The fourth-order valence-electron chi connectivity index (χ4n) is 1.32. The first-order chi connectivity index (χ1) is 10.2. The minimum absolute atomic E-state index is 0.149. The van der Waals surface area contributed by atoms with E-state index in [-0.39, 0.29) is 11.7 Å². The monoisotopic (exact) mass is 403 g/mol. The molecular formula is C12H13Cl4N3O2S. The summed E-state index contributed by atoms with van der Waals surface area (Å²) in [6.07, 6.45) is -1.82. The number of thiocarbonyl (C=S) groups is 1. The number of hydrogen-bond donors (Lipinski definition) is 3. The molecule has 0 aromatic heterocycles. The zero-order valence-electron chi connectivity index (χ0n) is 11.3. The third-order valence-corrected chi connectivity index (χ3v) is 3.37. The van der Waals surface area contributed by atoms with E-state index in [1.165, 1.54) is 0 Å². The number of hydrogen-bond acceptors (Lipinski definition) is 3. The summed E-state index contributed by atoms with van der Waals surface area (Å²) in [5.74, 6) is 0. The molecule has 22 heavy (non-hydrogen) atoms. The maximum absolute atomic E-state index is 11.4. The first kappa shape index (κ1) is 19.4. The number of nitrogens with one attached hydrogen (secondary N) is 3. The highest BCUT2D eigenvalue weighted by Crippen LogP contribution is 2.29. The minimum Gasteiger partial charge on any atom is -0.450 e. The lowest BCUT2D eigenvalue weighted by molar-refractivity contribution is 0.147. The van der Waals surface area contributed by atoms with Crippen molar-refractivity contribution in [2.75, 3.05) is 11.9 Å². The number of alkyl halides is 3. The number of carbonyl (C=O) groups is 1. The van der Waals surface area contributed by atoms with Crippen molar-refractivity contribution in [3.63, 3.8) is 0 Å². The number of benzene rings is 1. The van der Waals surface area contributed by atoms with E-state index in [0.29, 0.717) is 10.7 Å². The van der Waals surface area contributed by atoms with Crippen LogP contribution >= 0.6 is 58.6 Å². The molecule has 3 N–H and O–H groups in total. The number of carbonyl (C=O) groups excluding carboxylic acids is 1. The Morgan fingerprint density at radius 2 is 1.86 bits per heavy atom. The molecule has 0 aliphatic rings. The van der Waals surface area contributed by atoms with E-state index in [2.05, 4.69) is 16.0 Å². The normalized spacial score (nSPS) is 12.2. The van der Waals surface area contributed by atoms with E-state index < -0.39 is 16.1 Å². The molecule has 0 saturated heterocycles. The Hall–Kier alpha value is -0.660. The van der Waals surface area contributed by atoms with Gasteiger partial charge in [0.2, 0.25) is 3.79 Å². The standard InChI is InChI=1S/C12H13Cl4N3O2S/c1-2-21-11(20)19-9(12(14,15)16)18-10(22)17-8-5-3-7(13)4-6-8/h3-6,9H,2H2,1H3,(H,19,20)(H2,17,18,22)/t9-/m0/s1. The van der Waals surface area contributed by atoms with Gasteiger partial charge in [-0.1, -0.05) is 46.4 Å². The second kappa shape index (κ2) is 8.84. The maximum atomic E-state index is 11.4. The van der Waals surface area contributed by atoms with Crippen molar-refractivity contribution >= 4 is 75.5 Å². The van der Waals surface area contributed by atoms with Crippen molar-refractivity contribution < 1.29 is 9.53 Å². The number of halogens is 4. The van der Waals surface area contributed by atoms with Gasteiger partial charge in [0.15, 0.2) is 11.3 Å². The van der Waals surface area contributed by atoms with E-state index in [0.717, 1.165) is 0 Å². The van der Waals surface area contributed by atoms with Crippen LogP contribution in [0.3, 0.4) is 0 Å². The first-order valence-electron chi connectivity index (χ1n) is 6.05. The van der Waals surface area contributed by atoms with Crippen molar-refractivity contribution in [1.29, 1.82) is 0 Å². The van der Waals surface area contributed by atoms with Gasteiger partial charge in [-0.25, -0.2) is 4.79 Å². The van der Waals surface area contributed by atoms with Crippen molar-refractivity contribution in [3.8, 4) is 0 Å². The molecule has 0 bridgehead atoms. The molecule has 0 spiro atoms. The zero-order valence-corrected chi connectivity index (χ0v) is 15.2. The summed E-state index contributed by atoms with van der Waals surface area (Å²) >= 11 is 28.3. The number of ether oxygens (including phenoxy) is 1. The molecule has 1 amide bonds. The molecule has 10 heteroatoms. The van der Waals surface area contributed by atoms with Gasteiger partial charge in [-0.05, 0) is 43.4 Å². The van der Waals surface area contributed by atoms with Gasteiger partial charge in [0.1, 0.15) is 0 Å². The predicted octanol–water partition coefficient (Wildman–Crippen LogP) is 4.07. The minimum atomic E-state index is -1.83. The summed E-state index contributed by atoms with van der Waals surface area (Å²) in [6, 6.07) is 6.82. The molecule has 1 aromatic carbocycles.